The van der Waals surface area contributed by atoms with Gasteiger partial charge < -0.3 is 4.98 Å². The molecule has 0 bridgehead atoms. The first kappa shape index (κ1) is 16.0. The molecule has 0 atom stereocenters. The highest BCUT2D eigenvalue weighted by Gasteiger charge is 2.09. The van der Waals surface area contributed by atoms with Gasteiger partial charge in [-0.2, -0.15) is 5.10 Å². The maximum atomic E-state index is 13.1. The van der Waals surface area contributed by atoms with E-state index in [1.165, 1.54) is 12.1 Å². The van der Waals surface area contributed by atoms with E-state index in [2.05, 4.69) is 20.5 Å². The Morgan fingerprint density at radius 2 is 1.65 bits per heavy atom. The second kappa shape index (κ2) is 7.19. The lowest BCUT2D eigenvalue weighted by atomic mass is 10.1. The van der Waals surface area contributed by atoms with Crippen molar-refractivity contribution >= 4 is 22.4 Å². The van der Waals surface area contributed by atoms with Gasteiger partial charge in [-0.05, 0) is 42.0 Å². The summed E-state index contributed by atoms with van der Waals surface area (Å²) in [7, 11) is 0. The second-order valence-electron chi connectivity index (χ2n) is 5.92. The summed E-state index contributed by atoms with van der Waals surface area (Å²) in [5, 5.41) is 4.54. The normalized spacial score (nSPS) is 11.7. The summed E-state index contributed by atoms with van der Waals surface area (Å²) < 4.78 is 13.1. The number of hydrazone groups is 1. The number of nitrogens with one attached hydrogen (secondary N) is 2. The van der Waals surface area contributed by atoms with Crippen LogP contribution in [0.25, 0.3) is 11.0 Å². The molecule has 4 aromatic rings. The average molecular weight is 344 g/mol. The number of hydrogen-bond donors (Lipinski definition) is 2. The van der Waals surface area contributed by atoms with E-state index in [-0.39, 0.29) is 5.82 Å². The number of fused-ring (bicyclic) bond motifs is 1. The van der Waals surface area contributed by atoms with Gasteiger partial charge in [-0.1, -0.05) is 42.5 Å². The van der Waals surface area contributed by atoms with Crippen LogP contribution in [0.4, 0.5) is 10.1 Å². The number of hydrogen-bond acceptors (Lipinski definition) is 3. The minimum absolute atomic E-state index is 0.273. The number of benzene rings is 3. The molecule has 0 radical (unpaired) electrons. The van der Waals surface area contributed by atoms with E-state index in [0.717, 1.165) is 33.8 Å². The standard InChI is InChI=1S/C21H17FN4/c22-16-10-12-17(13-11-16)25-26-20(15-6-2-1-3-7-15)14-21-23-18-8-4-5-9-19(18)24-21/h1-13,25H,14H2,(H,23,24)/b26-20+. The molecule has 0 amide bonds. The molecule has 4 nitrogen and oxygen atoms in total. The third-order valence-electron chi connectivity index (χ3n) is 4.04. The highest BCUT2D eigenvalue weighted by molar-refractivity contribution is 6.02. The maximum absolute atomic E-state index is 13.1. The quantitative estimate of drug-likeness (QED) is 0.405. The van der Waals surface area contributed by atoms with Crippen molar-refractivity contribution in [3.05, 3.63) is 96.1 Å². The number of aromatic nitrogens is 2. The number of aromatic amines is 1. The Labute approximate surface area is 150 Å². The molecule has 1 heterocycles. The van der Waals surface area contributed by atoms with Crippen LogP contribution in [0, 0.1) is 5.82 Å². The molecule has 0 aliphatic carbocycles. The topological polar surface area (TPSA) is 53.1 Å². The SMILES string of the molecule is Fc1ccc(N/N=C(\Cc2nc3ccccc3[nH]2)c2ccccc2)cc1. The zero-order chi connectivity index (χ0) is 17.8. The summed E-state index contributed by atoms with van der Waals surface area (Å²) in [5.41, 5.74) is 7.51. The lowest BCUT2D eigenvalue weighted by molar-refractivity contribution is 0.628. The van der Waals surface area contributed by atoms with Gasteiger partial charge in [-0.3, -0.25) is 5.43 Å². The molecule has 3 aromatic carbocycles. The number of H-pyrrole nitrogens is 1. The van der Waals surface area contributed by atoms with Gasteiger partial charge in [0.15, 0.2) is 0 Å². The summed E-state index contributed by atoms with van der Waals surface area (Å²) in [6, 6.07) is 24.0. The fraction of sp³-hybridized carbons (Fsp3) is 0.0476. The summed E-state index contributed by atoms with van der Waals surface area (Å²) >= 11 is 0. The van der Waals surface area contributed by atoms with Crippen molar-refractivity contribution in [3.8, 4) is 0 Å². The number of anilines is 1. The fourth-order valence-corrected chi connectivity index (χ4v) is 2.74. The van der Waals surface area contributed by atoms with Crippen LogP contribution >= 0.6 is 0 Å². The predicted octanol–water partition coefficient (Wildman–Crippen LogP) is 4.76. The van der Waals surface area contributed by atoms with E-state index in [1.54, 1.807) is 12.1 Å². The third-order valence-corrected chi connectivity index (χ3v) is 4.04. The van der Waals surface area contributed by atoms with E-state index in [9.17, 15) is 4.39 Å². The van der Waals surface area contributed by atoms with E-state index >= 15 is 0 Å². The van der Waals surface area contributed by atoms with Crippen molar-refractivity contribution in [2.75, 3.05) is 5.43 Å². The molecular weight excluding hydrogens is 327 g/mol. The van der Waals surface area contributed by atoms with Gasteiger partial charge in [-0.15, -0.1) is 0 Å². The van der Waals surface area contributed by atoms with Crippen LogP contribution in [0.2, 0.25) is 0 Å². The van der Waals surface area contributed by atoms with Gasteiger partial charge in [-0.25, -0.2) is 9.37 Å². The molecular formula is C21H17FN4. The largest absolute Gasteiger partial charge is 0.342 e. The summed E-state index contributed by atoms with van der Waals surface area (Å²) in [6.07, 6.45) is 0.549. The number of halogens is 1. The third kappa shape index (κ3) is 3.62. The first-order valence-corrected chi connectivity index (χ1v) is 8.35. The number of para-hydroxylation sites is 2. The van der Waals surface area contributed by atoms with Crippen LogP contribution < -0.4 is 5.43 Å². The van der Waals surface area contributed by atoms with E-state index in [1.807, 2.05) is 54.6 Å². The Morgan fingerprint density at radius 1 is 0.923 bits per heavy atom. The van der Waals surface area contributed by atoms with Gasteiger partial charge >= 0.3 is 0 Å². The Kier molecular flexibility index (Phi) is 4.43. The van der Waals surface area contributed by atoms with E-state index in [0.29, 0.717) is 6.42 Å². The minimum Gasteiger partial charge on any atom is -0.342 e. The molecule has 0 saturated heterocycles. The maximum Gasteiger partial charge on any atom is 0.123 e. The molecule has 0 fully saturated rings. The monoisotopic (exact) mass is 344 g/mol. The Balaban J connectivity index is 1.64. The zero-order valence-electron chi connectivity index (χ0n) is 14.0. The molecule has 5 heteroatoms. The first-order chi connectivity index (χ1) is 12.8. The van der Waals surface area contributed by atoms with Crippen LogP contribution in [-0.4, -0.2) is 15.7 Å². The number of rotatable bonds is 5. The van der Waals surface area contributed by atoms with Crippen LogP contribution in [0.15, 0.2) is 84.0 Å². The summed E-state index contributed by atoms with van der Waals surface area (Å²) in [4.78, 5) is 7.96. The number of imidazole rings is 1. The second-order valence-corrected chi connectivity index (χ2v) is 5.92. The van der Waals surface area contributed by atoms with Crippen LogP contribution in [0.1, 0.15) is 11.4 Å². The van der Waals surface area contributed by atoms with Crippen molar-refractivity contribution in [2.24, 2.45) is 5.10 Å². The lowest BCUT2D eigenvalue weighted by Crippen LogP contribution is -2.09. The van der Waals surface area contributed by atoms with Gasteiger partial charge in [0, 0.05) is 0 Å². The lowest BCUT2D eigenvalue weighted by Gasteiger charge is -2.07. The predicted molar refractivity (Wildman–Crippen MR) is 103 cm³/mol. The zero-order valence-corrected chi connectivity index (χ0v) is 14.0. The van der Waals surface area contributed by atoms with Crippen molar-refractivity contribution < 1.29 is 4.39 Å². The van der Waals surface area contributed by atoms with Crippen LogP contribution in [0.5, 0.6) is 0 Å². The van der Waals surface area contributed by atoms with Crippen LogP contribution in [0.3, 0.4) is 0 Å². The summed E-state index contributed by atoms with van der Waals surface area (Å²) in [5.74, 6) is 0.569. The molecule has 0 aliphatic heterocycles. The van der Waals surface area contributed by atoms with E-state index in [4.69, 9.17) is 0 Å². The van der Waals surface area contributed by atoms with Gasteiger partial charge in [0.1, 0.15) is 11.6 Å². The highest BCUT2D eigenvalue weighted by Crippen LogP contribution is 2.14. The fourth-order valence-electron chi connectivity index (χ4n) is 2.74. The van der Waals surface area contributed by atoms with Crippen molar-refractivity contribution in [3.63, 3.8) is 0 Å². The van der Waals surface area contributed by atoms with E-state index < -0.39 is 0 Å². The van der Waals surface area contributed by atoms with Gasteiger partial charge in [0.25, 0.3) is 0 Å². The minimum atomic E-state index is -0.273. The van der Waals surface area contributed by atoms with Crippen molar-refractivity contribution in [1.29, 1.82) is 0 Å². The Hall–Kier alpha value is -3.47. The molecule has 1 aromatic heterocycles. The Morgan fingerprint density at radius 3 is 2.42 bits per heavy atom. The molecule has 26 heavy (non-hydrogen) atoms. The molecule has 2 N–H and O–H groups in total. The molecule has 128 valence electrons. The van der Waals surface area contributed by atoms with Crippen molar-refractivity contribution in [2.45, 2.75) is 6.42 Å². The molecule has 0 unspecified atom stereocenters. The smallest absolute Gasteiger partial charge is 0.123 e. The molecule has 4 rings (SSSR count). The molecule has 0 saturated carbocycles. The average Bonchev–Trinajstić information content (AvgIpc) is 3.09. The van der Waals surface area contributed by atoms with Crippen LogP contribution in [-0.2, 0) is 6.42 Å². The number of nitrogens with zero attached hydrogens (tertiary/aromatic N) is 2. The van der Waals surface area contributed by atoms with Crippen molar-refractivity contribution in [1.82, 2.24) is 9.97 Å². The summed E-state index contributed by atoms with van der Waals surface area (Å²) in [6.45, 7) is 0. The van der Waals surface area contributed by atoms with Gasteiger partial charge in [0.2, 0.25) is 0 Å². The van der Waals surface area contributed by atoms with Gasteiger partial charge in [0.05, 0.1) is 28.9 Å². The molecule has 0 aliphatic rings. The highest BCUT2D eigenvalue weighted by atomic mass is 19.1. The Bertz CT molecular complexity index is 1000. The first-order valence-electron chi connectivity index (χ1n) is 8.35. The molecule has 0 spiro atoms.